The predicted molar refractivity (Wildman–Crippen MR) is 123 cm³/mol. The Morgan fingerprint density at radius 1 is 0.969 bits per heavy atom. The van der Waals surface area contributed by atoms with Crippen LogP contribution < -0.4 is 0 Å². The maximum absolute atomic E-state index is 13.1. The quantitative estimate of drug-likeness (QED) is 0.725. The number of rotatable bonds is 5. The van der Waals surface area contributed by atoms with E-state index in [4.69, 9.17) is 4.42 Å². The molecule has 2 aliphatic heterocycles. The summed E-state index contributed by atoms with van der Waals surface area (Å²) in [6.45, 7) is 5.87. The number of piperidine rings is 1. The molecule has 1 aliphatic carbocycles. The molecule has 6 heteroatoms. The minimum atomic E-state index is 0.0366. The van der Waals surface area contributed by atoms with Gasteiger partial charge in [-0.3, -0.25) is 14.5 Å². The van der Waals surface area contributed by atoms with Gasteiger partial charge in [0.2, 0.25) is 5.91 Å². The summed E-state index contributed by atoms with van der Waals surface area (Å²) in [5.41, 5.74) is 1.96. The Bertz CT molecular complexity index is 953. The smallest absolute Gasteiger partial charge is 0.257 e. The fourth-order valence-corrected chi connectivity index (χ4v) is 5.25. The fraction of sp³-hybridized carbons (Fsp3) is 0.462. The third kappa shape index (κ3) is 4.37. The number of nitrogens with zero attached hydrogens (tertiary/aromatic N) is 3. The van der Waals surface area contributed by atoms with Crippen LogP contribution in [-0.4, -0.2) is 72.3 Å². The lowest BCUT2D eigenvalue weighted by Crippen LogP contribution is -2.49. The summed E-state index contributed by atoms with van der Waals surface area (Å²) < 4.78 is 5.04. The molecule has 3 heterocycles. The molecule has 0 bridgehead atoms. The highest BCUT2D eigenvalue weighted by Gasteiger charge is 2.59. The van der Waals surface area contributed by atoms with Gasteiger partial charge in [0, 0.05) is 51.7 Å². The maximum Gasteiger partial charge on any atom is 0.257 e. The Morgan fingerprint density at radius 3 is 2.41 bits per heavy atom. The third-order valence-corrected chi connectivity index (χ3v) is 7.46. The Morgan fingerprint density at radius 2 is 1.72 bits per heavy atom. The Balaban J connectivity index is 1.06. The number of carbonyl (C=O) groups excluding carboxylic acids is 2. The molecule has 32 heavy (non-hydrogen) atoms. The molecule has 168 valence electrons. The zero-order valence-corrected chi connectivity index (χ0v) is 18.5. The van der Waals surface area contributed by atoms with E-state index >= 15 is 0 Å². The molecule has 2 saturated heterocycles. The number of benzene rings is 1. The van der Waals surface area contributed by atoms with Crippen molar-refractivity contribution in [2.45, 2.75) is 19.3 Å². The highest BCUT2D eigenvalue weighted by molar-refractivity contribution is 5.94. The second-order valence-electron chi connectivity index (χ2n) is 9.36. The summed E-state index contributed by atoms with van der Waals surface area (Å²) in [4.78, 5) is 32.0. The van der Waals surface area contributed by atoms with Gasteiger partial charge in [-0.25, -0.2) is 0 Å². The molecule has 0 radical (unpaired) electrons. The lowest BCUT2D eigenvalue weighted by Gasteiger charge is -2.36. The van der Waals surface area contributed by atoms with Crippen molar-refractivity contribution in [1.82, 2.24) is 14.7 Å². The average molecular weight is 434 g/mol. The van der Waals surface area contributed by atoms with Gasteiger partial charge in [0.15, 0.2) is 0 Å². The molecule has 3 fully saturated rings. The molecule has 5 rings (SSSR count). The summed E-state index contributed by atoms with van der Waals surface area (Å²) in [5.74, 6) is 0.520. The van der Waals surface area contributed by atoms with Crippen LogP contribution >= 0.6 is 0 Å². The van der Waals surface area contributed by atoms with Gasteiger partial charge >= 0.3 is 0 Å². The molecule has 1 atom stereocenters. The average Bonchev–Trinajstić information content (AvgIpc) is 3.26. The van der Waals surface area contributed by atoms with Crippen LogP contribution in [0.1, 0.15) is 35.2 Å². The molecule has 2 aromatic rings. The first kappa shape index (κ1) is 21.0. The van der Waals surface area contributed by atoms with Gasteiger partial charge in [0.05, 0.1) is 11.8 Å². The van der Waals surface area contributed by atoms with E-state index < -0.39 is 0 Å². The molecule has 3 aliphatic rings. The van der Waals surface area contributed by atoms with Crippen LogP contribution in [0.5, 0.6) is 0 Å². The lowest BCUT2D eigenvalue weighted by molar-refractivity contribution is -0.135. The number of carbonyl (C=O) groups is 2. The number of likely N-dealkylation sites (tertiary alicyclic amines) is 1. The van der Waals surface area contributed by atoms with Crippen molar-refractivity contribution >= 4 is 17.9 Å². The van der Waals surface area contributed by atoms with Gasteiger partial charge in [0.25, 0.3) is 5.91 Å². The van der Waals surface area contributed by atoms with E-state index in [0.717, 1.165) is 65.1 Å². The molecule has 1 aromatic carbocycles. The maximum atomic E-state index is 13.1. The van der Waals surface area contributed by atoms with Crippen LogP contribution in [0.3, 0.4) is 0 Å². The fourth-order valence-electron chi connectivity index (χ4n) is 5.25. The van der Waals surface area contributed by atoms with Crippen molar-refractivity contribution in [1.29, 1.82) is 0 Å². The van der Waals surface area contributed by atoms with Crippen molar-refractivity contribution in [3.8, 4) is 0 Å². The van der Waals surface area contributed by atoms with Crippen LogP contribution in [0, 0.1) is 11.3 Å². The second kappa shape index (κ2) is 8.94. The highest BCUT2D eigenvalue weighted by Crippen LogP contribution is 2.60. The topological polar surface area (TPSA) is 57.0 Å². The minimum Gasteiger partial charge on any atom is -0.472 e. The van der Waals surface area contributed by atoms with Gasteiger partial charge < -0.3 is 14.2 Å². The summed E-state index contributed by atoms with van der Waals surface area (Å²) in [5, 5.41) is 0. The molecule has 0 unspecified atom stereocenters. The number of amides is 2. The van der Waals surface area contributed by atoms with Crippen LogP contribution in [0.25, 0.3) is 6.08 Å². The first-order chi connectivity index (χ1) is 15.6. The summed E-state index contributed by atoms with van der Waals surface area (Å²) in [7, 11) is 0. The Hall–Kier alpha value is -2.86. The largest absolute Gasteiger partial charge is 0.472 e. The predicted octanol–water partition coefficient (Wildman–Crippen LogP) is 3.38. The summed E-state index contributed by atoms with van der Waals surface area (Å²) >= 11 is 0. The van der Waals surface area contributed by atoms with Crippen LogP contribution in [0.2, 0.25) is 0 Å². The van der Waals surface area contributed by atoms with E-state index in [9.17, 15) is 9.59 Å². The Labute approximate surface area is 189 Å². The molecular formula is C26H31N3O3. The van der Waals surface area contributed by atoms with Gasteiger partial charge in [0.1, 0.15) is 6.26 Å². The van der Waals surface area contributed by atoms with Crippen molar-refractivity contribution in [2.75, 3.05) is 45.8 Å². The van der Waals surface area contributed by atoms with E-state index in [0.29, 0.717) is 11.5 Å². The van der Waals surface area contributed by atoms with Gasteiger partial charge in [-0.05, 0) is 36.3 Å². The highest BCUT2D eigenvalue weighted by atomic mass is 16.3. The number of furan rings is 1. The van der Waals surface area contributed by atoms with E-state index in [1.807, 2.05) is 11.0 Å². The first-order valence-corrected chi connectivity index (χ1v) is 11.7. The molecule has 2 amide bonds. The van der Waals surface area contributed by atoms with Gasteiger partial charge in [-0.2, -0.15) is 0 Å². The Kier molecular flexibility index (Phi) is 5.87. The van der Waals surface area contributed by atoms with Crippen LogP contribution in [-0.2, 0) is 4.79 Å². The molecule has 1 saturated carbocycles. The zero-order chi connectivity index (χ0) is 22.0. The first-order valence-electron chi connectivity index (χ1n) is 11.7. The number of hydrogen-bond donors (Lipinski definition) is 0. The number of hydrogen-bond acceptors (Lipinski definition) is 4. The standard InChI is InChI=1S/C26H31N3O3/c30-24(22-8-18-32-20-22)28-12-9-26(10-13-28)19-23(26)25(31)29-16-14-27(15-17-29)11-4-7-21-5-2-1-3-6-21/h1-8,18,20,23H,9-17,19H2/b7-4+/t23-/m0/s1. The van der Waals surface area contributed by atoms with Crippen molar-refractivity contribution in [3.05, 3.63) is 66.1 Å². The second-order valence-corrected chi connectivity index (χ2v) is 9.36. The van der Waals surface area contributed by atoms with E-state index in [-0.39, 0.29) is 17.2 Å². The van der Waals surface area contributed by atoms with Crippen LogP contribution in [0.15, 0.2) is 59.4 Å². The molecule has 0 N–H and O–H groups in total. The number of piperazine rings is 1. The molecule has 1 aromatic heterocycles. The minimum absolute atomic E-state index is 0.0366. The third-order valence-electron chi connectivity index (χ3n) is 7.46. The monoisotopic (exact) mass is 433 g/mol. The van der Waals surface area contributed by atoms with Crippen LogP contribution in [0.4, 0.5) is 0 Å². The van der Waals surface area contributed by atoms with E-state index in [1.54, 1.807) is 6.07 Å². The summed E-state index contributed by atoms with van der Waals surface area (Å²) in [6.07, 6.45) is 10.3. The van der Waals surface area contributed by atoms with Crippen molar-refractivity contribution in [2.24, 2.45) is 11.3 Å². The van der Waals surface area contributed by atoms with Crippen molar-refractivity contribution in [3.63, 3.8) is 0 Å². The zero-order valence-electron chi connectivity index (χ0n) is 18.5. The molecule has 1 spiro atoms. The summed E-state index contributed by atoms with van der Waals surface area (Å²) in [6, 6.07) is 12.1. The SMILES string of the molecule is O=C(c1ccoc1)N1CCC2(CC1)C[C@H]2C(=O)N1CCN(C/C=C/c2ccccc2)CC1. The van der Waals surface area contributed by atoms with Gasteiger partial charge in [-0.1, -0.05) is 42.5 Å². The van der Waals surface area contributed by atoms with Crippen molar-refractivity contribution < 1.29 is 14.0 Å². The molecule has 6 nitrogen and oxygen atoms in total. The van der Waals surface area contributed by atoms with E-state index in [2.05, 4.69) is 46.2 Å². The lowest BCUT2D eigenvalue weighted by atomic mass is 9.90. The normalized spacial score (nSPS) is 23.1. The van der Waals surface area contributed by atoms with Gasteiger partial charge in [-0.15, -0.1) is 0 Å². The van der Waals surface area contributed by atoms with E-state index in [1.165, 1.54) is 18.1 Å². The molecular weight excluding hydrogens is 402 g/mol.